The predicted molar refractivity (Wildman–Crippen MR) is 92.1 cm³/mol. The molecule has 1 atom stereocenters. The SMILES string of the molecule is Cc1cc(C)cc(C(=O)O[C@@H](C)C(=O)Nc2c(C)nn(C)c2C)c1. The van der Waals surface area contributed by atoms with E-state index >= 15 is 0 Å². The van der Waals surface area contributed by atoms with Gasteiger partial charge in [0.2, 0.25) is 0 Å². The molecule has 1 amide bonds. The summed E-state index contributed by atoms with van der Waals surface area (Å²) in [6, 6.07) is 5.46. The van der Waals surface area contributed by atoms with E-state index in [4.69, 9.17) is 4.74 Å². The van der Waals surface area contributed by atoms with E-state index in [1.807, 2.05) is 40.8 Å². The quantitative estimate of drug-likeness (QED) is 0.876. The van der Waals surface area contributed by atoms with Gasteiger partial charge in [-0.3, -0.25) is 9.48 Å². The lowest BCUT2D eigenvalue weighted by molar-refractivity contribution is -0.123. The molecule has 6 heteroatoms. The Balaban J connectivity index is 2.07. The molecule has 0 fully saturated rings. The average molecular weight is 329 g/mol. The van der Waals surface area contributed by atoms with Crippen molar-refractivity contribution in [2.24, 2.45) is 7.05 Å². The van der Waals surface area contributed by atoms with Gasteiger partial charge < -0.3 is 10.1 Å². The standard InChI is InChI=1S/C18H23N3O3/c1-10-7-11(2)9-15(8-10)18(23)24-14(5)17(22)19-16-12(3)20-21(6)13(16)4/h7-9,14H,1-6H3,(H,19,22)/t14-/m0/s1. The maximum atomic E-state index is 12.3. The van der Waals surface area contributed by atoms with Crippen molar-refractivity contribution in [1.29, 1.82) is 0 Å². The van der Waals surface area contributed by atoms with Gasteiger partial charge in [-0.1, -0.05) is 17.2 Å². The number of hydrogen-bond donors (Lipinski definition) is 1. The molecule has 0 unspecified atom stereocenters. The molecule has 128 valence electrons. The zero-order chi connectivity index (χ0) is 18.0. The van der Waals surface area contributed by atoms with Crippen molar-refractivity contribution in [3.05, 3.63) is 46.3 Å². The number of nitrogens with zero attached hydrogens (tertiary/aromatic N) is 2. The number of anilines is 1. The number of nitrogens with one attached hydrogen (secondary N) is 1. The van der Waals surface area contributed by atoms with Crippen LogP contribution in [-0.2, 0) is 16.6 Å². The lowest BCUT2D eigenvalue weighted by Crippen LogP contribution is -2.30. The third kappa shape index (κ3) is 3.82. The number of aromatic nitrogens is 2. The maximum Gasteiger partial charge on any atom is 0.338 e. The molecule has 0 saturated heterocycles. The minimum atomic E-state index is -0.905. The summed E-state index contributed by atoms with van der Waals surface area (Å²) >= 11 is 0. The molecule has 2 aromatic rings. The fraction of sp³-hybridized carbons (Fsp3) is 0.389. The number of benzene rings is 1. The van der Waals surface area contributed by atoms with E-state index in [2.05, 4.69) is 10.4 Å². The maximum absolute atomic E-state index is 12.3. The van der Waals surface area contributed by atoms with Crippen LogP contribution >= 0.6 is 0 Å². The Morgan fingerprint density at radius 1 is 1.12 bits per heavy atom. The van der Waals surface area contributed by atoms with Crippen molar-refractivity contribution in [2.75, 3.05) is 5.32 Å². The molecule has 0 aliphatic carbocycles. The molecule has 1 aromatic heterocycles. The monoisotopic (exact) mass is 329 g/mol. The molecule has 1 N–H and O–H groups in total. The van der Waals surface area contributed by atoms with Crippen LogP contribution in [0.1, 0.15) is 39.8 Å². The zero-order valence-corrected chi connectivity index (χ0v) is 14.9. The summed E-state index contributed by atoms with van der Waals surface area (Å²) in [5.41, 5.74) is 4.60. The minimum absolute atomic E-state index is 0.382. The number of amides is 1. The van der Waals surface area contributed by atoms with Crippen molar-refractivity contribution >= 4 is 17.6 Å². The van der Waals surface area contributed by atoms with Gasteiger partial charge in [0.05, 0.1) is 22.6 Å². The van der Waals surface area contributed by atoms with Crippen LogP contribution < -0.4 is 5.32 Å². The lowest BCUT2D eigenvalue weighted by Gasteiger charge is -2.14. The molecule has 0 bridgehead atoms. The first kappa shape index (κ1) is 17.7. The molecule has 24 heavy (non-hydrogen) atoms. The highest BCUT2D eigenvalue weighted by Gasteiger charge is 2.21. The summed E-state index contributed by atoms with van der Waals surface area (Å²) in [6.45, 7) is 9.05. The van der Waals surface area contributed by atoms with Crippen molar-refractivity contribution in [3.8, 4) is 0 Å². The van der Waals surface area contributed by atoms with Crippen LogP contribution in [0.3, 0.4) is 0 Å². The summed E-state index contributed by atoms with van der Waals surface area (Å²) in [5.74, 6) is -0.893. The Kier molecular flexibility index (Phi) is 5.07. The van der Waals surface area contributed by atoms with E-state index in [1.165, 1.54) is 0 Å². The Bertz CT molecular complexity index is 773. The number of carbonyl (C=O) groups is 2. The number of aryl methyl sites for hydroxylation is 4. The molecule has 0 radical (unpaired) electrons. The molecular weight excluding hydrogens is 306 g/mol. The van der Waals surface area contributed by atoms with Crippen molar-refractivity contribution in [1.82, 2.24) is 9.78 Å². The summed E-state index contributed by atoms with van der Waals surface area (Å²) in [4.78, 5) is 24.5. The number of carbonyl (C=O) groups excluding carboxylic acids is 2. The average Bonchev–Trinajstić information content (AvgIpc) is 2.72. The predicted octanol–water partition coefficient (Wildman–Crippen LogP) is 2.84. The van der Waals surface area contributed by atoms with Crippen molar-refractivity contribution < 1.29 is 14.3 Å². The number of esters is 1. The number of ether oxygens (including phenoxy) is 1. The topological polar surface area (TPSA) is 73.2 Å². The van der Waals surface area contributed by atoms with Gasteiger partial charge in [-0.2, -0.15) is 5.10 Å². The molecular formula is C18H23N3O3. The van der Waals surface area contributed by atoms with E-state index < -0.39 is 12.1 Å². The van der Waals surface area contributed by atoms with E-state index in [0.29, 0.717) is 11.3 Å². The normalized spacial score (nSPS) is 11.9. The highest BCUT2D eigenvalue weighted by Crippen LogP contribution is 2.19. The largest absolute Gasteiger partial charge is 0.449 e. The first-order valence-corrected chi connectivity index (χ1v) is 7.79. The van der Waals surface area contributed by atoms with Gasteiger partial charge in [0.15, 0.2) is 6.10 Å². The molecule has 0 aliphatic heterocycles. The lowest BCUT2D eigenvalue weighted by atomic mass is 10.1. The summed E-state index contributed by atoms with van der Waals surface area (Å²) in [7, 11) is 1.81. The van der Waals surface area contributed by atoms with Gasteiger partial charge in [-0.05, 0) is 46.8 Å². The van der Waals surface area contributed by atoms with E-state index in [9.17, 15) is 9.59 Å². The van der Waals surface area contributed by atoms with Gasteiger partial charge in [-0.25, -0.2) is 4.79 Å². The first-order chi connectivity index (χ1) is 11.2. The molecule has 0 aliphatic rings. The Morgan fingerprint density at radius 2 is 1.71 bits per heavy atom. The Labute approximate surface area is 141 Å². The second kappa shape index (κ2) is 6.86. The van der Waals surface area contributed by atoms with Gasteiger partial charge in [0.1, 0.15) is 0 Å². The van der Waals surface area contributed by atoms with E-state index in [-0.39, 0.29) is 5.91 Å². The fourth-order valence-electron chi connectivity index (χ4n) is 2.55. The highest BCUT2D eigenvalue weighted by atomic mass is 16.5. The van der Waals surface area contributed by atoms with Crippen molar-refractivity contribution in [3.63, 3.8) is 0 Å². The van der Waals surface area contributed by atoms with Gasteiger partial charge in [0.25, 0.3) is 5.91 Å². The summed E-state index contributed by atoms with van der Waals surface area (Å²) in [6.07, 6.45) is -0.905. The van der Waals surface area contributed by atoms with Crippen LogP contribution in [0.5, 0.6) is 0 Å². The Hall–Kier alpha value is -2.63. The first-order valence-electron chi connectivity index (χ1n) is 7.79. The molecule has 6 nitrogen and oxygen atoms in total. The molecule has 0 saturated carbocycles. The summed E-state index contributed by atoms with van der Waals surface area (Å²) in [5, 5.41) is 7.02. The number of hydrogen-bond acceptors (Lipinski definition) is 4. The van der Waals surface area contributed by atoms with Crippen LogP contribution in [0.15, 0.2) is 18.2 Å². The molecule has 0 spiro atoms. The molecule has 2 rings (SSSR count). The van der Waals surface area contributed by atoms with E-state index in [0.717, 1.165) is 22.5 Å². The molecule has 1 heterocycles. The van der Waals surface area contributed by atoms with E-state index in [1.54, 1.807) is 23.7 Å². The smallest absolute Gasteiger partial charge is 0.338 e. The van der Waals surface area contributed by atoms with Crippen LogP contribution in [0.2, 0.25) is 0 Å². The van der Waals surface area contributed by atoms with Crippen LogP contribution in [-0.4, -0.2) is 27.8 Å². The van der Waals surface area contributed by atoms with Crippen molar-refractivity contribution in [2.45, 2.75) is 40.7 Å². The fourth-order valence-corrected chi connectivity index (χ4v) is 2.55. The van der Waals surface area contributed by atoms with Crippen LogP contribution in [0, 0.1) is 27.7 Å². The third-order valence-electron chi connectivity index (χ3n) is 3.87. The van der Waals surface area contributed by atoms with Gasteiger partial charge in [0, 0.05) is 7.05 Å². The van der Waals surface area contributed by atoms with Gasteiger partial charge >= 0.3 is 5.97 Å². The highest BCUT2D eigenvalue weighted by molar-refractivity contribution is 5.98. The number of rotatable bonds is 4. The summed E-state index contributed by atoms with van der Waals surface area (Å²) < 4.78 is 6.98. The second-order valence-corrected chi connectivity index (χ2v) is 6.08. The van der Waals surface area contributed by atoms with Crippen LogP contribution in [0.25, 0.3) is 0 Å². The second-order valence-electron chi connectivity index (χ2n) is 6.08. The minimum Gasteiger partial charge on any atom is -0.449 e. The Morgan fingerprint density at radius 3 is 2.21 bits per heavy atom. The van der Waals surface area contributed by atoms with Crippen LogP contribution in [0.4, 0.5) is 5.69 Å². The molecule has 1 aromatic carbocycles. The van der Waals surface area contributed by atoms with Gasteiger partial charge in [-0.15, -0.1) is 0 Å². The zero-order valence-electron chi connectivity index (χ0n) is 14.9. The third-order valence-corrected chi connectivity index (χ3v) is 3.87.